The van der Waals surface area contributed by atoms with Crippen LogP contribution in [0.2, 0.25) is 0 Å². The van der Waals surface area contributed by atoms with Crippen LogP contribution in [-0.4, -0.2) is 36.5 Å². The summed E-state index contributed by atoms with van der Waals surface area (Å²) in [7, 11) is 0. The van der Waals surface area contributed by atoms with Gasteiger partial charge in [-0.1, -0.05) is 24.3 Å². The fourth-order valence-corrected chi connectivity index (χ4v) is 4.01. The van der Waals surface area contributed by atoms with Crippen LogP contribution in [0.1, 0.15) is 42.7 Å². The summed E-state index contributed by atoms with van der Waals surface area (Å²) in [5.74, 6) is 1.60. The van der Waals surface area contributed by atoms with Crippen molar-refractivity contribution in [3.05, 3.63) is 35.4 Å². The molecule has 22 heavy (non-hydrogen) atoms. The zero-order chi connectivity index (χ0) is 15.1. The first-order valence-electron chi connectivity index (χ1n) is 8.79. The zero-order valence-electron chi connectivity index (χ0n) is 13.4. The van der Waals surface area contributed by atoms with E-state index in [1.807, 2.05) is 0 Å². The molecule has 0 bridgehead atoms. The van der Waals surface area contributed by atoms with E-state index < -0.39 is 0 Å². The van der Waals surface area contributed by atoms with E-state index in [0.29, 0.717) is 11.8 Å². The fraction of sp³-hybridized carbons (Fsp3) is 0.632. The van der Waals surface area contributed by atoms with Crippen molar-refractivity contribution in [2.45, 2.75) is 44.6 Å². The Morgan fingerprint density at radius 3 is 2.86 bits per heavy atom. The Hall–Kier alpha value is -1.35. The molecule has 0 unspecified atom stereocenters. The predicted molar refractivity (Wildman–Crippen MR) is 87.7 cm³/mol. The van der Waals surface area contributed by atoms with Crippen LogP contribution in [-0.2, 0) is 4.79 Å². The van der Waals surface area contributed by atoms with Crippen molar-refractivity contribution < 1.29 is 4.79 Å². The molecule has 2 saturated carbocycles. The molecule has 3 heteroatoms. The molecule has 0 spiro atoms. The maximum Gasteiger partial charge on any atom is 0.223 e. The fourth-order valence-electron chi connectivity index (χ4n) is 4.01. The first-order chi connectivity index (χ1) is 10.7. The van der Waals surface area contributed by atoms with E-state index in [2.05, 4.69) is 41.4 Å². The van der Waals surface area contributed by atoms with Crippen LogP contribution in [0.3, 0.4) is 0 Å². The highest BCUT2D eigenvalue weighted by Crippen LogP contribution is 2.48. The SMILES string of the molecule is Cc1ccccc1[C@@H]1C[C@H]1C(=O)NC[C@@H]1CCN(C2CC2)C1. The Morgan fingerprint density at radius 2 is 2.09 bits per heavy atom. The van der Waals surface area contributed by atoms with Gasteiger partial charge in [-0.15, -0.1) is 0 Å². The molecule has 0 radical (unpaired) electrons. The molecule has 1 aromatic rings. The van der Waals surface area contributed by atoms with Gasteiger partial charge < -0.3 is 10.2 Å². The van der Waals surface area contributed by atoms with Crippen LogP contribution >= 0.6 is 0 Å². The molecule has 4 rings (SSSR count). The lowest BCUT2D eigenvalue weighted by molar-refractivity contribution is -0.122. The smallest absolute Gasteiger partial charge is 0.223 e. The monoisotopic (exact) mass is 298 g/mol. The molecule has 1 aromatic carbocycles. The molecule has 1 N–H and O–H groups in total. The molecule has 2 aliphatic carbocycles. The highest BCUT2D eigenvalue weighted by molar-refractivity contribution is 5.83. The zero-order valence-corrected chi connectivity index (χ0v) is 13.4. The highest BCUT2D eigenvalue weighted by Gasteiger charge is 2.44. The molecular weight excluding hydrogens is 272 g/mol. The number of nitrogens with zero attached hydrogens (tertiary/aromatic N) is 1. The molecule has 1 amide bonds. The lowest BCUT2D eigenvalue weighted by Gasteiger charge is -2.15. The molecule has 1 heterocycles. The van der Waals surface area contributed by atoms with Gasteiger partial charge in [0, 0.05) is 25.0 Å². The molecule has 1 aliphatic heterocycles. The second kappa shape index (κ2) is 5.69. The number of carbonyl (C=O) groups is 1. The van der Waals surface area contributed by atoms with Crippen LogP contribution in [0.5, 0.6) is 0 Å². The summed E-state index contributed by atoms with van der Waals surface area (Å²) < 4.78 is 0. The number of hydrogen-bond donors (Lipinski definition) is 1. The van der Waals surface area contributed by atoms with Gasteiger partial charge in [-0.2, -0.15) is 0 Å². The van der Waals surface area contributed by atoms with Gasteiger partial charge in [0.05, 0.1) is 0 Å². The first-order valence-corrected chi connectivity index (χ1v) is 8.79. The number of nitrogens with one attached hydrogen (secondary N) is 1. The van der Waals surface area contributed by atoms with Gasteiger partial charge in [-0.05, 0) is 62.1 Å². The summed E-state index contributed by atoms with van der Waals surface area (Å²) in [6.45, 7) is 5.45. The van der Waals surface area contributed by atoms with E-state index in [0.717, 1.165) is 19.0 Å². The topological polar surface area (TPSA) is 32.3 Å². The minimum absolute atomic E-state index is 0.210. The van der Waals surface area contributed by atoms with Crippen LogP contribution in [0.25, 0.3) is 0 Å². The van der Waals surface area contributed by atoms with Gasteiger partial charge in [0.15, 0.2) is 0 Å². The second-order valence-electron chi connectivity index (χ2n) is 7.43. The van der Waals surface area contributed by atoms with Gasteiger partial charge >= 0.3 is 0 Å². The van der Waals surface area contributed by atoms with Crippen LogP contribution in [0.15, 0.2) is 24.3 Å². The average Bonchev–Trinajstić information content (AvgIpc) is 3.44. The molecule has 118 valence electrons. The van der Waals surface area contributed by atoms with E-state index in [9.17, 15) is 4.79 Å². The number of benzene rings is 1. The molecular formula is C19H26N2O. The summed E-state index contributed by atoms with van der Waals surface area (Å²) in [4.78, 5) is 15.0. The summed E-state index contributed by atoms with van der Waals surface area (Å²) >= 11 is 0. The van der Waals surface area contributed by atoms with Crippen molar-refractivity contribution in [1.29, 1.82) is 0 Å². The minimum Gasteiger partial charge on any atom is -0.356 e. The van der Waals surface area contributed by atoms with Crippen molar-refractivity contribution in [3.63, 3.8) is 0 Å². The largest absolute Gasteiger partial charge is 0.356 e. The van der Waals surface area contributed by atoms with Crippen LogP contribution in [0.4, 0.5) is 0 Å². The number of rotatable bonds is 5. The van der Waals surface area contributed by atoms with E-state index in [4.69, 9.17) is 0 Å². The maximum atomic E-state index is 12.4. The van der Waals surface area contributed by atoms with Crippen molar-refractivity contribution >= 4 is 5.91 Å². The van der Waals surface area contributed by atoms with Crippen LogP contribution < -0.4 is 5.32 Å². The third-order valence-corrected chi connectivity index (χ3v) is 5.66. The van der Waals surface area contributed by atoms with Crippen molar-refractivity contribution in [1.82, 2.24) is 10.2 Å². The molecule has 0 aromatic heterocycles. The Bertz CT molecular complexity index is 566. The number of amides is 1. The summed E-state index contributed by atoms with van der Waals surface area (Å²) in [5.41, 5.74) is 2.68. The van der Waals surface area contributed by atoms with E-state index in [-0.39, 0.29) is 11.8 Å². The molecule has 3 nitrogen and oxygen atoms in total. The molecule has 3 aliphatic rings. The van der Waals surface area contributed by atoms with Crippen molar-refractivity contribution in [2.24, 2.45) is 11.8 Å². The van der Waals surface area contributed by atoms with E-state index in [1.165, 1.54) is 43.5 Å². The normalized spacial score (nSPS) is 31.2. The van der Waals surface area contributed by atoms with Gasteiger partial charge in [-0.3, -0.25) is 4.79 Å². The Balaban J connectivity index is 1.25. The van der Waals surface area contributed by atoms with E-state index >= 15 is 0 Å². The van der Waals surface area contributed by atoms with Gasteiger partial charge in [-0.25, -0.2) is 0 Å². The average molecular weight is 298 g/mol. The third-order valence-electron chi connectivity index (χ3n) is 5.66. The number of hydrogen-bond acceptors (Lipinski definition) is 2. The lowest BCUT2D eigenvalue weighted by atomic mass is 10.0. The second-order valence-corrected chi connectivity index (χ2v) is 7.43. The number of likely N-dealkylation sites (tertiary alicyclic amines) is 1. The molecule has 3 fully saturated rings. The number of aryl methyl sites for hydroxylation is 1. The standard InChI is InChI=1S/C19H26N2O/c1-13-4-2-3-5-16(13)17-10-18(17)19(22)20-11-14-8-9-21(12-14)15-6-7-15/h2-5,14-15,17-18H,6-12H2,1H3,(H,20,22)/t14-,17-,18+/m0/s1. The van der Waals surface area contributed by atoms with Crippen molar-refractivity contribution in [3.8, 4) is 0 Å². The Kier molecular flexibility index (Phi) is 3.69. The summed E-state index contributed by atoms with van der Waals surface area (Å²) in [6.07, 6.45) is 5.05. The molecule has 1 saturated heterocycles. The van der Waals surface area contributed by atoms with E-state index in [1.54, 1.807) is 0 Å². The lowest BCUT2D eigenvalue weighted by Crippen LogP contribution is -2.32. The summed E-state index contributed by atoms with van der Waals surface area (Å²) in [5, 5.41) is 3.22. The summed E-state index contributed by atoms with van der Waals surface area (Å²) in [6, 6.07) is 9.35. The first kappa shape index (κ1) is 14.3. The predicted octanol–water partition coefficient (Wildman–Crippen LogP) is 2.70. The van der Waals surface area contributed by atoms with Crippen LogP contribution in [0, 0.1) is 18.8 Å². The van der Waals surface area contributed by atoms with Crippen molar-refractivity contribution in [2.75, 3.05) is 19.6 Å². The number of carbonyl (C=O) groups excluding carboxylic acids is 1. The van der Waals surface area contributed by atoms with Gasteiger partial charge in [0.1, 0.15) is 0 Å². The van der Waals surface area contributed by atoms with Gasteiger partial charge in [0.2, 0.25) is 5.91 Å². The Morgan fingerprint density at radius 1 is 1.27 bits per heavy atom. The quantitative estimate of drug-likeness (QED) is 0.906. The maximum absolute atomic E-state index is 12.4. The minimum atomic E-state index is 0.210. The third kappa shape index (κ3) is 2.91. The molecule has 3 atom stereocenters. The Labute approximate surface area is 133 Å². The highest BCUT2D eigenvalue weighted by atomic mass is 16.2. The van der Waals surface area contributed by atoms with Gasteiger partial charge in [0.25, 0.3) is 0 Å².